The zero-order valence-electron chi connectivity index (χ0n) is 19.5. The van der Waals surface area contributed by atoms with Crippen molar-refractivity contribution in [3.8, 4) is 23.5 Å². The van der Waals surface area contributed by atoms with Crippen molar-refractivity contribution in [2.75, 3.05) is 51.5 Å². The maximum absolute atomic E-state index is 14.0. The summed E-state index contributed by atoms with van der Waals surface area (Å²) in [7, 11) is 1.60. The lowest BCUT2D eigenvalue weighted by Crippen LogP contribution is -2.37. The average Bonchev–Trinajstić information content (AvgIpc) is 3.30. The van der Waals surface area contributed by atoms with Crippen LogP contribution in [0.4, 0.5) is 14.7 Å². The van der Waals surface area contributed by atoms with E-state index >= 15 is 0 Å². The van der Waals surface area contributed by atoms with Crippen LogP contribution in [0.3, 0.4) is 0 Å². The van der Waals surface area contributed by atoms with Gasteiger partial charge in [0, 0.05) is 20.2 Å². The second-order valence-corrected chi connectivity index (χ2v) is 7.83. The smallest absolute Gasteiger partial charge is 0.328 e. The molecule has 1 aliphatic rings. The van der Waals surface area contributed by atoms with Crippen LogP contribution in [0.15, 0.2) is 48.5 Å². The Morgan fingerprint density at radius 3 is 2.36 bits per heavy atom. The SMILES string of the molecule is COCCOc1ccc(Oc2nc(N3CCOCC3)nc(-n3c(C(F)F)nc4ccccc43)n2)cc1. The third-order valence-corrected chi connectivity index (χ3v) is 5.46. The van der Waals surface area contributed by atoms with Crippen LogP contribution in [0.5, 0.6) is 17.5 Å². The number of anilines is 1. The van der Waals surface area contributed by atoms with Gasteiger partial charge in [0.25, 0.3) is 6.43 Å². The number of hydrogen-bond donors (Lipinski definition) is 0. The highest BCUT2D eigenvalue weighted by Gasteiger charge is 2.24. The van der Waals surface area contributed by atoms with Gasteiger partial charge in [0.1, 0.15) is 18.1 Å². The third kappa shape index (κ3) is 5.19. The zero-order chi connectivity index (χ0) is 24.9. The Kier molecular flexibility index (Phi) is 7.14. The molecule has 0 radical (unpaired) electrons. The summed E-state index contributed by atoms with van der Waals surface area (Å²) in [6.07, 6.45) is -2.84. The number of aromatic nitrogens is 5. The van der Waals surface area contributed by atoms with Gasteiger partial charge in [0.05, 0.1) is 30.9 Å². The zero-order valence-corrected chi connectivity index (χ0v) is 19.5. The molecule has 0 saturated carbocycles. The van der Waals surface area contributed by atoms with Gasteiger partial charge in [-0.15, -0.1) is 0 Å². The van der Waals surface area contributed by atoms with Crippen molar-refractivity contribution in [2.45, 2.75) is 6.43 Å². The molecule has 0 spiro atoms. The summed E-state index contributed by atoms with van der Waals surface area (Å²) in [5.74, 6) is 0.930. The second kappa shape index (κ2) is 10.8. The van der Waals surface area contributed by atoms with E-state index in [2.05, 4.69) is 19.9 Å². The van der Waals surface area contributed by atoms with E-state index < -0.39 is 12.2 Å². The molecule has 0 aliphatic carbocycles. The minimum atomic E-state index is -2.84. The summed E-state index contributed by atoms with van der Waals surface area (Å²) in [4.78, 5) is 19.4. The molecule has 0 atom stereocenters. The molecule has 2 aromatic carbocycles. The number of halogens is 2. The first kappa shape index (κ1) is 23.8. The molecule has 12 heteroatoms. The standard InChI is InChI=1S/C24H24F2N6O4/c1-33-14-15-35-16-6-8-17(9-7-16)36-24-29-22(31-10-12-34-13-11-31)28-23(30-24)32-19-5-3-2-4-18(19)27-21(32)20(25)26/h2-9,20H,10-15H2,1H3. The van der Waals surface area contributed by atoms with Gasteiger partial charge in [0.2, 0.25) is 11.9 Å². The number of benzene rings is 2. The Morgan fingerprint density at radius 1 is 0.889 bits per heavy atom. The molecule has 0 N–H and O–H groups in total. The molecular weight excluding hydrogens is 474 g/mol. The van der Waals surface area contributed by atoms with Crippen molar-refractivity contribution >= 4 is 17.0 Å². The molecule has 1 aliphatic heterocycles. The number of methoxy groups -OCH3 is 1. The van der Waals surface area contributed by atoms with Gasteiger partial charge in [-0.3, -0.25) is 4.57 Å². The van der Waals surface area contributed by atoms with Crippen LogP contribution in [-0.4, -0.2) is 71.1 Å². The molecule has 2 aromatic heterocycles. The van der Waals surface area contributed by atoms with Crippen molar-refractivity contribution in [3.05, 3.63) is 54.4 Å². The van der Waals surface area contributed by atoms with Gasteiger partial charge in [0.15, 0.2) is 5.82 Å². The Morgan fingerprint density at radius 2 is 1.61 bits per heavy atom. The van der Waals surface area contributed by atoms with E-state index in [0.29, 0.717) is 68.0 Å². The number of rotatable bonds is 9. The molecule has 3 heterocycles. The highest BCUT2D eigenvalue weighted by molar-refractivity contribution is 5.77. The number of morpholine rings is 1. The molecule has 36 heavy (non-hydrogen) atoms. The van der Waals surface area contributed by atoms with Crippen LogP contribution in [0.2, 0.25) is 0 Å². The maximum atomic E-state index is 14.0. The van der Waals surface area contributed by atoms with E-state index in [-0.39, 0.29) is 12.0 Å². The highest BCUT2D eigenvalue weighted by atomic mass is 19.3. The number of ether oxygens (including phenoxy) is 4. The first-order valence-electron chi connectivity index (χ1n) is 11.4. The molecule has 1 fully saturated rings. The van der Waals surface area contributed by atoms with Crippen LogP contribution in [-0.2, 0) is 9.47 Å². The van der Waals surface area contributed by atoms with Gasteiger partial charge in [-0.05, 0) is 36.4 Å². The molecule has 0 amide bonds. The van der Waals surface area contributed by atoms with Crippen LogP contribution in [0.25, 0.3) is 17.0 Å². The molecule has 4 aromatic rings. The molecular formula is C24H24F2N6O4. The summed E-state index contributed by atoms with van der Waals surface area (Å²) < 4.78 is 51.1. The predicted octanol–water partition coefficient (Wildman–Crippen LogP) is 3.80. The molecule has 1 saturated heterocycles. The fraction of sp³-hybridized carbons (Fsp3) is 0.333. The van der Waals surface area contributed by atoms with Gasteiger partial charge >= 0.3 is 6.01 Å². The number of para-hydroxylation sites is 2. The predicted molar refractivity (Wildman–Crippen MR) is 126 cm³/mol. The summed E-state index contributed by atoms with van der Waals surface area (Å²) in [5, 5.41) is 0. The molecule has 10 nitrogen and oxygen atoms in total. The maximum Gasteiger partial charge on any atom is 0.328 e. The van der Waals surface area contributed by atoms with E-state index in [4.69, 9.17) is 18.9 Å². The van der Waals surface area contributed by atoms with E-state index in [1.165, 1.54) is 4.57 Å². The van der Waals surface area contributed by atoms with Gasteiger partial charge in [-0.25, -0.2) is 13.8 Å². The molecule has 188 valence electrons. The van der Waals surface area contributed by atoms with E-state index in [9.17, 15) is 8.78 Å². The first-order valence-corrected chi connectivity index (χ1v) is 11.4. The lowest BCUT2D eigenvalue weighted by atomic mass is 10.3. The number of imidazole rings is 1. The Labute approximate surface area is 205 Å². The number of hydrogen-bond acceptors (Lipinski definition) is 9. The summed E-state index contributed by atoms with van der Waals surface area (Å²) in [6, 6.07) is 13.7. The Balaban J connectivity index is 1.52. The van der Waals surface area contributed by atoms with E-state index in [1.54, 1.807) is 55.6 Å². The van der Waals surface area contributed by atoms with Crippen LogP contribution < -0.4 is 14.4 Å². The molecule has 0 unspecified atom stereocenters. The number of fused-ring (bicyclic) bond motifs is 1. The average molecular weight is 498 g/mol. The van der Waals surface area contributed by atoms with Crippen molar-refractivity contribution in [1.82, 2.24) is 24.5 Å². The highest BCUT2D eigenvalue weighted by Crippen LogP contribution is 2.29. The summed E-state index contributed by atoms with van der Waals surface area (Å²) in [6.45, 7) is 2.98. The second-order valence-electron chi connectivity index (χ2n) is 7.83. The largest absolute Gasteiger partial charge is 0.491 e. The lowest BCUT2D eigenvalue weighted by Gasteiger charge is -2.27. The van der Waals surface area contributed by atoms with Crippen LogP contribution in [0.1, 0.15) is 12.2 Å². The minimum absolute atomic E-state index is 0.00925. The van der Waals surface area contributed by atoms with Gasteiger partial charge in [-0.1, -0.05) is 12.1 Å². The lowest BCUT2D eigenvalue weighted by molar-refractivity contribution is 0.122. The van der Waals surface area contributed by atoms with Crippen LogP contribution in [0, 0.1) is 0 Å². The van der Waals surface area contributed by atoms with Crippen molar-refractivity contribution < 1.29 is 27.7 Å². The van der Waals surface area contributed by atoms with Gasteiger partial charge < -0.3 is 23.8 Å². The normalized spacial score (nSPS) is 13.9. The monoisotopic (exact) mass is 498 g/mol. The summed E-state index contributed by atoms with van der Waals surface area (Å²) >= 11 is 0. The minimum Gasteiger partial charge on any atom is -0.491 e. The Bertz CT molecular complexity index is 1310. The van der Waals surface area contributed by atoms with Crippen molar-refractivity contribution in [3.63, 3.8) is 0 Å². The number of nitrogens with zero attached hydrogens (tertiary/aromatic N) is 6. The van der Waals surface area contributed by atoms with Crippen LogP contribution >= 0.6 is 0 Å². The number of alkyl halides is 2. The third-order valence-electron chi connectivity index (χ3n) is 5.46. The summed E-state index contributed by atoms with van der Waals surface area (Å²) in [5.41, 5.74) is 0.864. The fourth-order valence-electron chi connectivity index (χ4n) is 3.74. The van der Waals surface area contributed by atoms with E-state index in [0.717, 1.165) is 0 Å². The molecule has 0 bridgehead atoms. The van der Waals surface area contributed by atoms with Crippen molar-refractivity contribution in [2.24, 2.45) is 0 Å². The fourth-order valence-corrected chi connectivity index (χ4v) is 3.74. The molecule has 5 rings (SSSR count). The quantitative estimate of drug-likeness (QED) is 0.319. The first-order chi connectivity index (χ1) is 17.6. The van der Waals surface area contributed by atoms with E-state index in [1.807, 2.05) is 4.90 Å². The Hall–Kier alpha value is -3.90. The van der Waals surface area contributed by atoms with Crippen molar-refractivity contribution in [1.29, 1.82) is 0 Å². The van der Waals surface area contributed by atoms with Gasteiger partial charge in [-0.2, -0.15) is 15.0 Å². The topological polar surface area (TPSA) is 96.7 Å².